The number of rotatable bonds is 17. The average molecular weight is 740 g/mol. The SMILES string of the molecule is CCOC(=O)c1c(CCCOc2cccc3ccccc23)c2cccc(-c3c(COC(C)C)nn(C)c3CBr)c2n1CCCCNC.Cl. The number of aromatic nitrogens is 3. The number of para-hydroxylation sites is 1. The summed E-state index contributed by atoms with van der Waals surface area (Å²) in [6.07, 6.45) is 3.39. The number of fused-ring (bicyclic) bond motifs is 2. The van der Waals surface area contributed by atoms with Crippen LogP contribution >= 0.6 is 28.3 Å². The summed E-state index contributed by atoms with van der Waals surface area (Å²) in [5.41, 5.74) is 6.70. The predicted octanol–water partition coefficient (Wildman–Crippen LogP) is 8.62. The third kappa shape index (κ3) is 8.25. The molecule has 0 aliphatic heterocycles. The topological polar surface area (TPSA) is 79.5 Å². The predicted molar refractivity (Wildman–Crippen MR) is 201 cm³/mol. The highest BCUT2D eigenvalue weighted by Crippen LogP contribution is 2.39. The zero-order valence-corrected chi connectivity index (χ0v) is 31.1. The summed E-state index contributed by atoms with van der Waals surface area (Å²) in [4.78, 5) is 13.8. The molecule has 0 amide bonds. The van der Waals surface area contributed by atoms with E-state index in [9.17, 15) is 4.79 Å². The van der Waals surface area contributed by atoms with Gasteiger partial charge in [-0.05, 0) is 77.1 Å². The van der Waals surface area contributed by atoms with Gasteiger partial charge in [-0.15, -0.1) is 12.4 Å². The summed E-state index contributed by atoms with van der Waals surface area (Å²) >= 11 is 3.73. The van der Waals surface area contributed by atoms with Gasteiger partial charge in [0.2, 0.25) is 0 Å². The molecule has 0 radical (unpaired) electrons. The normalized spacial score (nSPS) is 11.4. The number of nitrogens with zero attached hydrogens (tertiary/aromatic N) is 3. The van der Waals surface area contributed by atoms with E-state index >= 15 is 0 Å². The fourth-order valence-corrected chi connectivity index (χ4v) is 6.99. The first-order valence-electron chi connectivity index (χ1n) is 16.7. The van der Waals surface area contributed by atoms with Gasteiger partial charge in [0.05, 0.1) is 42.8 Å². The van der Waals surface area contributed by atoms with E-state index in [0.717, 1.165) is 81.3 Å². The van der Waals surface area contributed by atoms with Crippen LogP contribution in [-0.4, -0.2) is 53.2 Å². The molecule has 0 saturated heterocycles. The second-order valence-corrected chi connectivity index (χ2v) is 12.6. The third-order valence-electron chi connectivity index (χ3n) is 8.48. The van der Waals surface area contributed by atoms with Crippen molar-refractivity contribution in [1.29, 1.82) is 0 Å². The van der Waals surface area contributed by atoms with Gasteiger partial charge in [-0.1, -0.05) is 70.5 Å². The Hall–Kier alpha value is -3.37. The molecule has 0 saturated carbocycles. The number of alkyl halides is 1. The summed E-state index contributed by atoms with van der Waals surface area (Å²) in [5, 5.41) is 12.1. The van der Waals surface area contributed by atoms with Crippen LogP contribution in [0.3, 0.4) is 0 Å². The van der Waals surface area contributed by atoms with Gasteiger partial charge in [0.1, 0.15) is 11.4 Å². The second-order valence-electron chi connectivity index (χ2n) is 12.0. The molecule has 48 heavy (non-hydrogen) atoms. The first-order chi connectivity index (χ1) is 22.9. The van der Waals surface area contributed by atoms with E-state index in [2.05, 4.69) is 62.2 Å². The van der Waals surface area contributed by atoms with Crippen molar-refractivity contribution in [2.24, 2.45) is 7.05 Å². The maximum Gasteiger partial charge on any atom is 0.355 e. The highest BCUT2D eigenvalue weighted by atomic mass is 79.9. The van der Waals surface area contributed by atoms with Crippen molar-refractivity contribution in [3.05, 3.63) is 83.3 Å². The van der Waals surface area contributed by atoms with Crippen LogP contribution in [-0.2, 0) is 41.4 Å². The second kappa shape index (κ2) is 17.9. The Morgan fingerprint density at radius 1 is 1.00 bits per heavy atom. The lowest BCUT2D eigenvalue weighted by molar-refractivity contribution is 0.0512. The Kier molecular flexibility index (Phi) is 13.9. The van der Waals surface area contributed by atoms with Crippen molar-refractivity contribution in [3.8, 4) is 16.9 Å². The molecule has 0 aliphatic rings. The van der Waals surface area contributed by atoms with Crippen LogP contribution < -0.4 is 10.1 Å². The molecule has 0 bridgehead atoms. The van der Waals surface area contributed by atoms with E-state index < -0.39 is 0 Å². The van der Waals surface area contributed by atoms with Crippen LogP contribution in [0.2, 0.25) is 0 Å². The molecule has 2 heterocycles. The van der Waals surface area contributed by atoms with Gasteiger partial charge in [0.25, 0.3) is 0 Å². The minimum absolute atomic E-state index is 0. The number of esters is 1. The number of ether oxygens (including phenoxy) is 3. The standard InChI is InChI=1S/C38H47BrN4O4.ClH/c1-6-45-38(44)37-30(19-13-23-46-34-20-11-15-27-14-7-8-16-28(27)34)29-17-12-18-31(36(29)43(37)22-10-9-21-40-4)35-32(25-47-26(2)3)41-42(5)33(35)24-39;/h7-8,11-12,14-18,20,26,40H,6,9-10,13,19,21-25H2,1-5H3;1H. The zero-order chi connectivity index (χ0) is 33.3. The molecule has 5 aromatic rings. The molecule has 3 aromatic carbocycles. The molecule has 0 unspecified atom stereocenters. The highest BCUT2D eigenvalue weighted by Gasteiger charge is 2.28. The van der Waals surface area contributed by atoms with E-state index in [4.69, 9.17) is 19.3 Å². The lowest BCUT2D eigenvalue weighted by Gasteiger charge is -2.15. The molecule has 5 rings (SSSR count). The maximum absolute atomic E-state index is 13.8. The van der Waals surface area contributed by atoms with Crippen LogP contribution in [0, 0.1) is 0 Å². The van der Waals surface area contributed by atoms with E-state index in [1.165, 1.54) is 0 Å². The number of hydrogen-bond donors (Lipinski definition) is 1. The molecule has 10 heteroatoms. The summed E-state index contributed by atoms with van der Waals surface area (Å²) < 4.78 is 22.3. The molecule has 0 spiro atoms. The van der Waals surface area contributed by atoms with E-state index in [-0.39, 0.29) is 24.5 Å². The fourth-order valence-electron chi connectivity index (χ4n) is 6.35. The van der Waals surface area contributed by atoms with Crippen LogP contribution in [0.1, 0.15) is 67.5 Å². The summed E-state index contributed by atoms with van der Waals surface area (Å²) in [5.74, 6) is 0.585. The minimum atomic E-state index is -0.288. The van der Waals surface area contributed by atoms with Crippen molar-refractivity contribution in [2.45, 2.75) is 71.0 Å². The van der Waals surface area contributed by atoms with Gasteiger partial charge >= 0.3 is 5.97 Å². The molecule has 8 nitrogen and oxygen atoms in total. The highest BCUT2D eigenvalue weighted by molar-refractivity contribution is 9.08. The van der Waals surface area contributed by atoms with Crippen LogP contribution in [0.4, 0.5) is 0 Å². The summed E-state index contributed by atoms with van der Waals surface area (Å²) in [7, 11) is 3.94. The van der Waals surface area contributed by atoms with Crippen molar-refractivity contribution in [1.82, 2.24) is 19.7 Å². The Labute approximate surface area is 298 Å². The van der Waals surface area contributed by atoms with Crippen molar-refractivity contribution >= 4 is 56.0 Å². The summed E-state index contributed by atoms with van der Waals surface area (Å²) in [6, 6.07) is 20.8. The molecule has 0 aliphatic carbocycles. The van der Waals surface area contributed by atoms with E-state index in [1.807, 2.05) is 63.8 Å². The largest absolute Gasteiger partial charge is 0.493 e. The summed E-state index contributed by atoms with van der Waals surface area (Å²) in [6.45, 7) is 8.77. The molecule has 2 aromatic heterocycles. The van der Waals surface area contributed by atoms with Gasteiger partial charge in [-0.2, -0.15) is 5.10 Å². The first-order valence-corrected chi connectivity index (χ1v) is 17.8. The molecule has 1 N–H and O–H groups in total. The number of benzene rings is 3. The average Bonchev–Trinajstić information content (AvgIpc) is 3.57. The van der Waals surface area contributed by atoms with E-state index in [0.29, 0.717) is 43.8 Å². The smallest absolute Gasteiger partial charge is 0.355 e. The number of aryl methyl sites for hydroxylation is 3. The fraction of sp³-hybridized carbons (Fsp3) is 0.421. The lowest BCUT2D eigenvalue weighted by Crippen LogP contribution is -2.16. The number of halogens is 2. The maximum atomic E-state index is 13.8. The monoisotopic (exact) mass is 738 g/mol. The Bertz CT molecular complexity index is 1810. The quantitative estimate of drug-likeness (QED) is 0.0585. The molecular weight excluding hydrogens is 692 g/mol. The first kappa shape index (κ1) is 37.4. The van der Waals surface area contributed by atoms with Crippen molar-refractivity contribution < 1.29 is 19.0 Å². The Morgan fingerprint density at radius 3 is 2.50 bits per heavy atom. The van der Waals surface area contributed by atoms with Gasteiger partial charge in [0.15, 0.2) is 0 Å². The van der Waals surface area contributed by atoms with E-state index in [1.54, 1.807) is 0 Å². The van der Waals surface area contributed by atoms with Gasteiger partial charge < -0.3 is 24.1 Å². The number of hydrogen-bond acceptors (Lipinski definition) is 6. The number of carbonyl (C=O) groups is 1. The minimum Gasteiger partial charge on any atom is -0.493 e. The molecule has 0 fully saturated rings. The van der Waals surface area contributed by atoms with Crippen LogP contribution in [0.25, 0.3) is 32.8 Å². The van der Waals surface area contributed by atoms with Gasteiger partial charge in [-0.25, -0.2) is 4.79 Å². The Balaban J connectivity index is 0.00000520. The lowest BCUT2D eigenvalue weighted by atomic mass is 9.98. The third-order valence-corrected chi connectivity index (χ3v) is 9.01. The van der Waals surface area contributed by atoms with Crippen molar-refractivity contribution in [2.75, 3.05) is 26.8 Å². The van der Waals surface area contributed by atoms with Crippen LogP contribution in [0.5, 0.6) is 5.75 Å². The molecular formula is C38H48BrClN4O4. The number of unbranched alkanes of at least 4 members (excludes halogenated alkanes) is 1. The van der Waals surface area contributed by atoms with Crippen LogP contribution in [0.15, 0.2) is 60.7 Å². The number of carbonyl (C=O) groups excluding carboxylic acids is 1. The zero-order valence-electron chi connectivity index (χ0n) is 28.7. The Morgan fingerprint density at radius 2 is 1.75 bits per heavy atom. The van der Waals surface area contributed by atoms with Gasteiger partial charge in [0, 0.05) is 40.8 Å². The molecule has 0 atom stereocenters. The van der Waals surface area contributed by atoms with Crippen molar-refractivity contribution in [3.63, 3.8) is 0 Å². The molecule has 258 valence electrons. The number of nitrogens with one attached hydrogen (secondary N) is 1. The van der Waals surface area contributed by atoms with Gasteiger partial charge in [-0.3, -0.25) is 4.68 Å².